The number of aryl methyl sites for hydroxylation is 1. The van der Waals surface area contributed by atoms with Crippen LogP contribution in [-0.4, -0.2) is 40.9 Å². The van der Waals surface area contributed by atoms with Gasteiger partial charge < -0.3 is 9.84 Å². The van der Waals surface area contributed by atoms with Crippen molar-refractivity contribution in [2.24, 2.45) is 0 Å². The Hall–Kier alpha value is -0.420. The summed E-state index contributed by atoms with van der Waals surface area (Å²) in [6.07, 6.45) is -0.447. The van der Waals surface area contributed by atoms with Crippen LogP contribution in [-0.2, 0) is 11.3 Å². The lowest BCUT2D eigenvalue weighted by molar-refractivity contribution is -0.0586. The molecule has 0 amide bonds. The average Bonchev–Trinajstić information content (AvgIpc) is 2.70. The molecule has 1 aromatic heterocycles. The molecule has 0 aliphatic heterocycles. The van der Waals surface area contributed by atoms with Crippen LogP contribution in [0.3, 0.4) is 0 Å². The molecule has 0 saturated carbocycles. The zero-order valence-electron chi connectivity index (χ0n) is 13.6. The van der Waals surface area contributed by atoms with Crippen LogP contribution in [0.5, 0.6) is 0 Å². The van der Waals surface area contributed by atoms with Gasteiger partial charge in [0.05, 0.1) is 18.3 Å². The van der Waals surface area contributed by atoms with Crippen LogP contribution in [0.2, 0.25) is 0 Å². The van der Waals surface area contributed by atoms with Gasteiger partial charge in [-0.1, -0.05) is 0 Å². The monoisotopic (exact) mass is 299 g/mol. The molecule has 1 aromatic rings. The van der Waals surface area contributed by atoms with Gasteiger partial charge in [0.25, 0.3) is 0 Å². The first-order valence-corrected chi connectivity index (χ1v) is 8.10. The SMILES string of the molecule is Cc1ccc(CN(C[C@H](O)COC(C)(C)C)C(C)C)s1. The molecule has 1 heterocycles. The number of ether oxygens (including phenoxy) is 1. The van der Waals surface area contributed by atoms with E-state index in [4.69, 9.17) is 4.74 Å². The molecule has 116 valence electrons. The lowest BCUT2D eigenvalue weighted by Crippen LogP contribution is -2.39. The number of aliphatic hydroxyl groups is 1. The van der Waals surface area contributed by atoms with Crippen LogP contribution >= 0.6 is 11.3 Å². The predicted molar refractivity (Wildman–Crippen MR) is 86.3 cm³/mol. The predicted octanol–water partition coefficient (Wildman–Crippen LogP) is 3.44. The molecule has 0 fully saturated rings. The summed E-state index contributed by atoms with van der Waals surface area (Å²) in [6, 6.07) is 4.73. The van der Waals surface area contributed by atoms with Crippen molar-refractivity contribution in [1.29, 1.82) is 0 Å². The summed E-state index contributed by atoms with van der Waals surface area (Å²) in [5, 5.41) is 10.2. The molecule has 0 bridgehead atoms. The zero-order chi connectivity index (χ0) is 15.3. The molecule has 0 radical (unpaired) electrons. The van der Waals surface area contributed by atoms with Gasteiger partial charge in [-0.2, -0.15) is 0 Å². The highest BCUT2D eigenvalue weighted by molar-refractivity contribution is 7.11. The summed E-state index contributed by atoms with van der Waals surface area (Å²) < 4.78 is 5.65. The Labute approximate surface area is 127 Å². The van der Waals surface area contributed by atoms with E-state index < -0.39 is 6.10 Å². The van der Waals surface area contributed by atoms with Gasteiger partial charge in [-0.15, -0.1) is 11.3 Å². The molecule has 0 spiro atoms. The van der Waals surface area contributed by atoms with Crippen molar-refractivity contribution in [3.63, 3.8) is 0 Å². The van der Waals surface area contributed by atoms with Gasteiger partial charge in [-0.3, -0.25) is 4.90 Å². The van der Waals surface area contributed by atoms with Crippen molar-refractivity contribution in [2.45, 2.75) is 65.8 Å². The number of hydrogen-bond donors (Lipinski definition) is 1. The normalized spacial score (nSPS) is 14.2. The molecule has 0 saturated heterocycles. The van der Waals surface area contributed by atoms with Crippen molar-refractivity contribution in [3.8, 4) is 0 Å². The van der Waals surface area contributed by atoms with Gasteiger partial charge in [0.2, 0.25) is 0 Å². The molecule has 0 aliphatic carbocycles. The smallest absolute Gasteiger partial charge is 0.0900 e. The van der Waals surface area contributed by atoms with Crippen molar-refractivity contribution in [3.05, 3.63) is 21.9 Å². The third-order valence-corrected chi connectivity index (χ3v) is 4.02. The second-order valence-corrected chi connectivity index (χ2v) is 7.99. The topological polar surface area (TPSA) is 32.7 Å². The molecular weight excluding hydrogens is 270 g/mol. The first-order valence-electron chi connectivity index (χ1n) is 7.29. The fraction of sp³-hybridized carbons (Fsp3) is 0.750. The fourth-order valence-corrected chi connectivity index (χ4v) is 2.81. The summed E-state index contributed by atoms with van der Waals surface area (Å²) in [5.74, 6) is 0. The van der Waals surface area contributed by atoms with E-state index in [1.807, 2.05) is 32.1 Å². The van der Waals surface area contributed by atoms with Gasteiger partial charge in [0, 0.05) is 28.9 Å². The zero-order valence-corrected chi connectivity index (χ0v) is 14.5. The lowest BCUT2D eigenvalue weighted by Gasteiger charge is -2.29. The van der Waals surface area contributed by atoms with Gasteiger partial charge >= 0.3 is 0 Å². The Morgan fingerprint density at radius 3 is 2.40 bits per heavy atom. The second kappa shape index (κ2) is 7.55. The number of nitrogens with zero attached hydrogens (tertiary/aromatic N) is 1. The van der Waals surface area contributed by atoms with E-state index in [1.54, 1.807) is 0 Å². The largest absolute Gasteiger partial charge is 0.389 e. The van der Waals surface area contributed by atoms with E-state index in [0.29, 0.717) is 19.2 Å². The summed E-state index contributed by atoms with van der Waals surface area (Å²) in [4.78, 5) is 4.97. The summed E-state index contributed by atoms with van der Waals surface area (Å²) in [5.41, 5.74) is -0.200. The van der Waals surface area contributed by atoms with Crippen LogP contribution in [0.15, 0.2) is 12.1 Å². The van der Waals surface area contributed by atoms with Crippen molar-refractivity contribution in [2.75, 3.05) is 13.2 Å². The van der Waals surface area contributed by atoms with Crippen molar-refractivity contribution >= 4 is 11.3 Å². The van der Waals surface area contributed by atoms with Crippen LogP contribution in [0, 0.1) is 6.92 Å². The summed E-state index contributed by atoms with van der Waals surface area (Å²) in [6.45, 7) is 14.4. The maximum atomic E-state index is 10.2. The number of rotatable bonds is 7. The van der Waals surface area contributed by atoms with Gasteiger partial charge in [-0.05, 0) is 53.7 Å². The fourth-order valence-electron chi connectivity index (χ4n) is 1.90. The number of thiophene rings is 1. The van der Waals surface area contributed by atoms with Crippen LogP contribution in [0.4, 0.5) is 0 Å². The molecule has 0 aromatic carbocycles. The second-order valence-electron chi connectivity index (χ2n) is 6.61. The molecule has 3 nitrogen and oxygen atoms in total. The van der Waals surface area contributed by atoms with E-state index >= 15 is 0 Å². The molecule has 0 aliphatic rings. The molecular formula is C16H29NO2S. The standard InChI is InChI=1S/C16H29NO2S/c1-12(2)17(10-15-8-7-13(3)20-15)9-14(18)11-19-16(4,5)6/h7-8,12,14,18H,9-11H2,1-6H3/t14-/m0/s1. The van der Waals surface area contributed by atoms with Gasteiger partial charge in [-0.25, -0.2) is 0 Å². The van der Waals surface area contributed by atoms with Crippen molar-refractivity contribution < 1.29 is 9.84 Å². The van der Waals surface area contributed by atoms with E-state index in [-0.39, 0.29) is 5.60 Å². The Morgan fingerprint density at radius 1 is 1.30 bits per heavy atom. The van der Waals surface area contributed by atoms with E-state index in [2.05, 4.69) is 37.8 Å². The minimum Gasteiger partial charge on any atom is -0.389 e. The van der Waals surface area contributed by atoms with Crippen LogP contribution in [0.1, 0.15) is 44.4 Å². The lowest BCUT2D eigenvalue weighted by atomic mass is 10.2. The average molecular weight is 299 g/mol. The van der Waals surface area contributed by atoms with Crippen molar-refractivity contribution in [1.82, 2.24) is 4.90 Å². The number of hydrogen-bond acceptors (Lipinski definition) is 4. The summed E-state index contributed by atoms with van der Waals surface area (Å²) in [7, 11) is 0. The Morgan fingerprint density at radius 2 is 1.95 bits per heavy atom. The van der Waals surface area contributed by atoms with Gasteiger partial charge in [0.1, 0.15) is 0 Å². The quantitative estimate of drug-likeness (QED) is 0.837. The molecule has 4 heteroatoms. The highest BCUT2D eigenvalue weighted by atomic mass is 32.1. The maximum absolute atomic E-state index is 10.2. The Kier molecular flexibility index (Phi) is 6.65. The van der Waals surface area contributed by atoms with Gasteiger partial charge in [0.15, 0.2) is 0 Å². The molecule has 0 unspecified atom stereocenters. The minimum absolute atomic E-state index is 0.200. The molecule has 1 N–H and O–H groups in total. The molecule has 1 atom stereocenters. The van der Waals surface area contributed by atoms with E-state index in [1.165, 1.54) is 9.75 Å². The first kappa shape index (κ1) is 17.6. The Bertz CT molecular complexity index is 395. The highest BCUT2D eigenvalue weighted by Gasteiger charge is 2.18. The Balaban J connectivity index is 2.50. The number of aliphatic hydroxyl groups excluding tert-OH is 1. The van der Waals surface area contributed by atoms with Crippen LogP contribution < -0.4 is 0 Å². The summed E-state index contributed by atoms with van der Waals surface area (Å²) >= 11 is 1.82. The third kappa shape index (κ3) is 6.84. The van der Waals surface area contributed by atoms with E-state index in [9.17, 15) is 5.11 Å². The maximum Gasteiger partial charge on any atom is 0.0900 e. The van der Waals surface area contributed by atoms with E-state index in [0.717, 1.165) is 6.54 Å². The minimum atomic E-state index is -0.447. The molecule has 1 rings (SSSR count). The first-order chi connectivity index (χ1) is 9.17. The van der Waals surface area contributed by atoms with Crippen LogP contribution in [0.25, 0.3) is 0 Å². The molecule has 20 heavy (non-hydrogen) atoms. The highest BCUT2D eigenvalue weighted by Crippen LogP contribution is 2.18. The third-order valence-electron chi connectivity index (χ3n) is 3.04.